The van der Waals surface area contributed by atoms with Gasteiger partial charge in [-0.25, -0.2) is 9.78 Å². The molecule has 2 aromatic heterocycles. The monoisotopic (exact) mass is 263 g/mol. The van der Waals surface area contributed by atoms with Crippen molar-refractivity contribution < 1.29 is 18.4 Å². The second-order valence-electron chi connectivity index (χ2n) is 5.33. The van der Waals surface area contributed by atoms with Gasteiger partial charge < -0.3 is 13.6 Å². The number of aryl methyl sites for hydroxylation is 1. The normalized spacial score (nSPS) is 11.6. The Labute approximate surface area is 111 Å². The van der Waals surface area contributed by atoms with Crippen LogP contribution in [0.25, 0.3) is 11.5 Å². The van der Waals surface area contributed by atoms with Crippen molar-refractivity contribution in [3.05, 3.63) is 29.5 Å². The van der Waals surface area contributed by atoms with Gasteiger partial charge in [0.15, 0.2) is 0 Å². The summed E-state index contributed by atoms with van der Waals surface area (Å²) in [5.74, 6) is 0.685. The summed E-state index contributed by atoms with van der Waals surface area (Å²) in [6.07, 6.45) is 1.56. The smallest absolute Gasteiger partial charge is 0.376 e. The van der Waals surface area contributed by atoms with E-state index in [1.165, 1.54) is 7.11 Å². The second kappa shape index (κ2) is 4.57. The standard InChI is InChI=1S/C14H17NO4/c1-8-9(6-7-18-8)12-15-11(14(2,3)4)10(19-12)13(16)17-5/h6-7H,1-5H3. The van der Waals surface area contributed by atoms with Crippen LogP contribution >= 0.6 is 0 Å². The lowest BCUT2D eigenvalue weighted by Crippen LogP contribution is -2.17. The van der Waals surface area contributed by atoms with Gasteiger partial charge in [0.25, 0.3) is 0 Å². The van der Waals surface area contributed by atoms with Crippen molar-refractivity contribution in [2.24, 2.45) is 0 Å². The van der Waals surface area contributed by atoms with E-state index < -0.39 is 5.97 Å². The zero-order valence-electron chi connectivity index (χ0n) is 11.7. The summed E-state index contributed by atoms with van der Waals surface area (Å²) in [5.41, 5.74) is 0.999. The third-order valence-electron chi connectivity index (χ3n) is 2.80. The van der Waals surface area contributed by atoms with E-state index in [1.54, 1.807) is 12.3 Å². The van der Waals surface area contributed by atoms with Crippen LogP contribution in [0.3, 0.4) is 0 Å². The van der Waals surface area contributed by atoms with E-state index in [0.29, 0.717) is 17.3 Å². The molecule has 0 amide bonds. The first kappa shape index (κ1) is 13.4. The first-order chi connectivity index (χ1) is 8.84. The van der Waals surface area contributed by atoms with Crippen LogP contribution in [-0.4, -0.2) is 18.1 Å². The molecular formula is C14H17NO4. The molecule has 19 heavy (non-hydrogen) atoms. The number of hydrogen-bond donors (Lipinski definition) is 0. The largest absolute Gasteiger partial charge is 0.469 e. The first-order valence-corrected chi connectivity index (χ1v) is 5.98. The van der Waals surface area contributed by atoms with Crippen LogP contribution < -0.4 is 0 Å². The highest BCUT2D eigenvalue weighted by Crippen LogP contribution is 2.32. The van der Waals surface area contributed by atoms with E-state index in [4.69, 9.17) is 13.6 Å². The Morgan fingerprint density at radius 2 is 2.05 bits per heavy atom. The highest BCUT2D eigenvalue weighted by Gasteiger charge is 2.30. The SMILES string of the molecule is COC(=O)c1oc(-c2ccoc2C)nc1C(C)(C)C. The number of ether oxygens (including phenoxy) is 1. The van der Waals surface area contributed by atoms with Crippen molar-refractivity contribution in [2.75, 3.05) is 7.11 Å². The van der Waals surface area contributed by atoms with E-state index in [2.05, 4.69) is 4.98 Å². The van der Waals surface area contributed by atoms with Crippen molar-refractivity contribution in [2.45, 2.75) is 33.1 Å². The highest BCUT2D eigenvalue weighted by molar-refractivity contribution is 5.88. The lowest BCUT2D eigenvalue weighted by atomic mass is 9.91. The molecule has 102 valence electrons. The summed E-state index contributed by atoms with van der Waals surface area (Å²) < 4.78 is 15.5. The average Bonchev–Trinajstić information content (AvgIpc) is 2.92. The van der Waals surface area contributed by atoms with Crippen LogP contribution in [0.2, 0.25) is 0 Å². The number of rotatable bonds is 2. The van der Waals surface area contributed by atoms with Crippen LogP contribution in [0.5, 0.6) is 0 Å². The van der Waals surface area contributed by atoms with Gasteiger partial charge in [-0.15, -0.1) is 0 Å². The topological polar surface area (TPSA) is 65.5 Å². The third-order valence-corrected chi connectivity index (χ3v) is 2.80. The van der Waals surface area contributed by atoms with E-state index in [9.17, 15) is 4.79 Å². The minimum Gasteiger partial charge on any atom is -0.469 e. The maximum Gasteiger partial charge on any atom is 0.376 e. The number of nitrogens with zero attached hydrogens (tertiary/aromatic N) is 1. The molecular weight excluding hydrogens is 246 g/mol. The highest BCUT2D eigenvalue weighted by atomic mass is 16.5. The number of furan rings is 1. The molecule has 0 aliphatic heterocycles. The molecule has 0 bridgehead atoms. The first-order valence-electron chi connectivity index (χ1n) is 5.98. The van der Waals surface area contributed by atoms with Gasteiger partial charge in [-0.2, -0.15) is 0 Å². The number of hydrogen-bond acceptors (Lipinski definition) is 5. The third kappa shape index (κ3) is 2.41. The van der Waals surface area contributed by atoms with E-state index in [1.807, 2.05) is 27.7 Å². The molecule has 0 fully saturated rings. The molecule has 0 unspecified atom stereocenters. The zero-order valence-corrected chi connectivity index (χ0v) is 11.7. The molecule has 0 atom stereocenters. The fourth-order valence-electron chi connectivity index (χ4n) is 1.78. The minimum atomic E-state index is -0.523. The molecule has 0 saturated heterocycles. The number of esters is 1. The zero-order chi connectivity index (χ0) is 14.2. The number of oxazole rings is 1. The van der Waals surface area contributed by atoms with Crippen LogP contribution in [0.15, 0.2) is 21.2 Å². The summed E-state index contributed by atoms with van der Waals surface area (Å²) in [7, 11) is 1.32. The Morgan fingerprint density at radius 1 is 1.37 bits per heavy atom. The molecule has 0 saturated carbocycles. The summed E-state index contributed by atoms with van der Waals surface area (Å²) in [6.45, 7) is 7.70. The fourth-order valence-corrected chi connectivity index (χ4v) is 1.78. The van der Waals surface area contributed by atoms with Gasteiger partial charge in [0, 0.05) is 5.41 Å². The molecule has 2 heterocycles. The Balaban J connectivity index is 2.58. The number of carbonyl (C=O) groups excluding carboxylic acids is 1. The molecule has 5 heteroatoms. The van der Waals surface area contributed by atoms with Crippen LogP contribution in [-0.2, 0) is 10.2 Å². The molecule has 0 aliphatic carbocycles. The maximum absolute atomic E-state index is 11.8. The summed E-state index contributed by atoms with van der Waals surface area (Å²) in [6, 6.07) is 1.76. The Hall–Kier alpha value is -2.04. The summed E-state index contributed by atoms with van der Waals surface area (Å²) >= 11 is 0. The van der Waals surface area contributed by atoms with Gasteiger partial charge in [0.1, 0.15) is 11.5 Å². The van der Waals surface area contributed by atoms with Crippen LogP contribution in [0.4, 0.5) is 0 Å². The summed E-state index contributed by atoms with van der Waals surface area (Å²) in [5, 5.41) is 0. The van der Waals surface area contributed by atoms with Crippen molar-refractivity contribution >= 4 is 5.97 Å². The predicted molar refractivity (Wildman–Crippen MR) is 69.0 cm³/mol. The van der Waals surface area contributed by atoms with Gasteiger partial charge in [0.05, 0.1) is 18.9 Å². The molecule has 5 nitrogen and oxygen atoms in total. The van der Waals surface area contributed by atoms with E-state index in [0.717, 1.165) is 5.56 Å². The number of methoxy groups -OCH3 is 1. The molecule has 0 radical (unpaired) electrons. The van der Waals surface area contributed by atoms with Crippen molar-refractivity contribution in [3.8, 4) is 11.5 Å². The fraction of sp³-hybridized carbons (Fsp3) is 0.429. The maximum atomic E-state index is 11.8. The summed E-state index contributed by atoms with van der Waals surface area (Å²) in [4.78, 5) is 16.2. The molecule has 2 rings (SSSR count). The Morgan fingerprint density at radius 3 is 2.53 bits per heavy atom. The van der Waals surface area contributed by atoms with Gasteiger partial charge >= 0.3 is 5.97 Å². The van der Waals surface area contributed by atoms with Gasteiger partial charge in [-0.05, 0) is 13.0 Å². The van der Waals surface area contributed by atoms with Crippen molar-refractivity contribution in [1.29, 1.82) is 0 Å². The molecule has 0 spiro atoms. The number of carbonyl (C=O) groups is 1. The van der Waals surface area contributed by atoms with Gasteiger partial charge in [-0.1, -0.05) is 20.8 Å². The quantitative estimate of drug-likeness (QED) is 0.777. The number of aromatic nitrogens is 1. The van der Waals surface area contributed by atoms with E-state index >= 15 is 0 Å². The second-order valence-corrected chi connectivity index (χ2v) is 5.33. The average molecular weight is 263 g/mol. The lowest BCUT2D eigenvalue weighted by Gasteiger charge is -2.15. The predicted octanol–water partition coefficient (Wildman–Crippen LogP) is 3.33. The molecule has 0 N–H and O–H groups in total. The molecule has 0 aromatic carbocycles. The molecule has 0 aliphatic rings. The minimum absolute atomic E-state index is 0.144. The van der Waals surface area contributed by atoms with Gasteiger partial charge in [0.2, 0.25) is 11.7 Å². The lowest BCUT2D eigenvalue weighted by molar-refractivity contribution is 0.0562. The van der Waals surface area contributed by atoms with Crippen LogP contribution in [0, 0.1) is 6.92 Å². The van der Waals surface area contributed by atoms with Crippen LogP contribution in [0.1, 0.15) is 42.8 Å². The van der Waals surface area contributed by atoms with Crippen molar-refractivity contribution in [1.82, 2.24) is 4.98 Å². The Bertz CT molecular complexity index is 601. The Kier molecular flexibility index (Phi) is 3.22. The van der Waals surface area contributed by atoms with E-state index in [-0.39, 0.29) is 11.2 Å². The van der Waals surface area contributed by atoms with Gasteiger partial charge in [-0.3, -0.25) is 0 Å². The molecule has 2 aromatic rings. The van der Waals surface area contributed by atoms with Crippen molar-refractivity contribution in [3.63, 3.8) is 0 Å².